The van der Waals surface area contributed by atoms with E-state index in [0.29, 0.717) is 86.7 Å². The summed E-state index contributed by atoms with van der Waals surface area (Å²) in [6.07, 6.45) is 3.80. The number of rotatable bonds is 9. The Balaban J connectivity index is 1.55. The molecule has 2 aliphatic heterocycles. The molecule has 0 saturated carbocycles. The van der Waals surface area contributed by atoms with Gasteiger partial charge < -0.3 is 19.7 Å². The zero-order valence-corrected chi connectivity index (χ0v) is 21.3. The first-order chi connectivity index (χ1) is 18.5. The summed E-state index contributed by atoms with van der Waals surface area (Å²) in [5, 5.41) is 15.2. The lowest BCUT2D eigenvalue weighted by atomic mass is 10.0. The number of methoxy groups -OCH3 is 2. The summed E-state index contributed by atoms with van der Waals surface area (Å²) in [6.45, 7) is 2.27. The van der Waals surface area contributed by atoms with Crippen molar-refractivity contribution in [2.24, 2.45) is 0 Å². The molecule has 2 N–H and O–H groups in total. The van der Waals surface area contributed by atoms with E-state index < -0.39 is 6.03 Å². The Hall–Kier alpha value is -4.30. The van der Waals surface area contributed by atoms with Crippen molar-refractivity contribution in [3.63, 3.8) is 0 Å². The van der Waals surface area contributed by atoms with Crippen molar-refractivity contribution in [2.75, 3.05) is 56.0 Å². The van der Waals surface area contributed by atoms with Crippen LogP contribution in [0.25, 0.3) is 0 Å². The topological polar surface area (TPSA) is 150 Å². The van der Waals surface area contributed by atoms with Crippen LogP contribution in [0.4, 0.5) is 22.1 Å². The van der Waals surface area contributed by atoms with Gasteiger partial charge in [-0.3, -0.25) is 15.0 Å². The van der Waals surface area contributed by atoms with Crippen LogP contribution < -0.4 is 15.5 Å². The van der Waals surface area contributed by atoms with Gasteiger partial charge in [-0.15, -0.1) is 0 Å². The van der Waals surface area contributed by atoms with Gasteiger partial charge in [0.1, 0.15) is 41.1 Å². The highest BCUT2D eigenvalue weighted by Crippen LogP contribution is 2.30. The van der Waals surface area contributed by atoms with Gasteiger partial charge in [0.15, 0.2) is 6.29 Å². The number of hydrogen-bond acceptors (Lipinski definition) is 10. The molecule has 4 rings (SSSR count). The van der Waals surface area contributed by atoms with Gasteiger partial charge in [-0.2, -0.15) is 5.26 Å². The maximum absolute atomic E-state index is 13.2. The van der Waals surface area contributed by atoms with Crippen molar-refractivity contribution >= 4 is 35.6 Å². The van der Waals surface area contributed by atoms with E-state index in [4.69, 9.17) is 9.47 Å². The molecule has 0 bridgehead atoms. The molecule has 0 radical (unpaired) electrons. The average molecular weight is 520 g/mol. The highest BCUT2D eigenvalue weighted by Gasteiger charge is 2.31. The normalized spacial score (nSPS) is 16.4. The van der Waals surface area contributed by atoms with Crippen molar-refractivity contribution in [3.8, 4) is 6.07 Å². The highest BCUT2D eigenvalue weighted by atomic mass is 16.5. The SMILES string of the molecule is COCCNc1cc(NC(=O)N2CCCc3cc(CN4CC[C@H](OC)C4=C=O)c(C=O)nc32)ncc1C#N. The van der Waals surface area contributed by atoms with Gasteiger partial charge >= 0.3 is 6.03 Å². The molecule has 38 heavy (non-hydrogen) atoms. The number of nitriles is 1. The summed E-state index contributed by atoms with van der Waals surface area (Å²) < 4.78 is 10.4. The van der Waals surface area contributed by atoms with E-state index in [2.05, 4.69) is 26.7 Å². The minimum absolute atomic E-state index is 0.204. The van der Waals surface area contributed by atoms with Crippen LogP contribution in [0.1, 0.15) is 40.0 Å². The summed E-state index contributed by atoms with van der Waals surface area (Å²) >= 11 is 0. The fourth-order valence-electron chi connectivity index (χ4n) is 4.67. The Morgan fingerprint density at radius 1 is 1.32 bits per heavy atom. The molecule has 0 spiro atoms. The van der Waals surface area contributed by atoms with Gasteiger partial charge in [-0.25, -0.2) is 19.6 Å². The van der Waals surface area contributed by atoms with Gasteiger partial charge in [-0.05, 0) is 30.9 Å². The molecule has 1 atom stereocenters. The number of fused-ring (bicyclic) bond motifs is 1. The van der Waals surface area contributed by atoms with Crippen LogP contribution in [0.15, 0.2) is 24.0 Å². The summed E-state index contributed by atoms with van der Waals surface area (Å²) in [4.78, 5) is 48.8. The van der Waals surface area contributed by atoms with Crippen LogP contribution in [0, 0.1) is 11.3 Å². The van der Waals surface area contributed by atoms with E-state index >= 15 is 0 Å². The van der Waals surface area contributed by atoms with Crippen molar-refractivity contribution in [1.29, 1.82) is 5.26 Å². The molecular weight excluding hydrogens is 490 g/mol. The molecule has 0 aliphatic carbocycles. The zero-order chi connectivity index (χ0) is 27.1. The number of anilines is 3. The van der Waals surface area contributed by atoms with Crippen molar-refractivity contribution in [2.45, 2.75) is 31.9 Å². The minimum Gasteiger partial charge on any atom is -0.383 e. The number of ether oxygens (including phenoxy) is 2. The van der Waals surface area contributed by atoms with E-state index in [-0.39, 0.29) is 17.6 Å². The first-order valence-electron chi connectivity index (χ1n) is 12.2. The van der Waals surface area contributed by atoms with Crippen LogP contribution in [0.3, 0.4) is 0 Å². The van der Waals surface area contributed by atoms with Crippen LogP contribution in [0.2, 0.25) is 0 Å². The number of hydrogen-bond donors (Lipinski definition) is 2. The number of aryl methyl sites for hydroxylation is 1. The number of nitrogens with zero attached hydrogens (tertiary/aromatic N) is 5. The molecule has 1 fully saturated rings. The third kappa shape index (κ3) is 5.65. The molecule has 2 aromatic heterocycles. The number of carbonyl (C=O) groups excluding carboxylic acids is 3. The number of nitrogens with one attached hydrogen (secondary N) is 2. The molecule has 1 saturated heterocycles. The number of amides is 2. The predicted molar refractivity (Wildman–Crippen MR) is 139 cm³/mol. The molecular formula is C26H29N7O5. The second-order valence-corrected chi connectivity index (χ2v) is 8.89. The van der Waals surface area contributed by atoms with Crippen LogP contribution >= 0.6 is 0 Å². The second-order valence-electron chi connectivity index (χ2n) is 8.89. The van der Waals surface area contributed by atoms with E-state index in [9.17, 15) is 19.6 Å². The van der Waals surface area contributed by atoms with Crippen LogP contribution in [-0.4, -0.2) is 79.7 Å². The van der Waals surface area contributed by atoms with Crippen molar-refractivity contribution < 1.29 is 23.9 Å². The molecule has 12 nitrogen and oxygen atoms in total. The van der Waals surface area contributed by atoms with E-state index in [1.54, 1.807) is 20.3 Å². The number of urea groups is 1. The quantitative estimate of drug-likeness (QED) is 0.287. The van der Waals surface area contributed by atoms with Gasteiger partial charge in [-0.1, -0.05) is 0 Å². The summed E-state index contributed by atoms with van der Waals surface area (Å²) in [5.41, 5.74) is 3.01. The standard InChI is InChI=1S/C26H29N7O5/c1-37-9-6-28-20-11-24(29-13-19(20)12-27)31-26(36)33-7-3-4-17-10-18(21(15-34)30-25(17)33)14-32-8-5-23(38-2)22(32)16-35/h10-11,13,15,23H,3-9,14H2,1-2H3,(H2,28,29,31,36)/t23-/m0/s1. The lowest BCUT2D eigenvalue weighted by molar-refractivity contribution is 0.111. The number of likely N-dealkylation sites (tertiary alicyclic amines) is 1. The van der Waals surface area contributed by atoms with Gasteiger partial charge in [0.05, 0.1) is 17.9 Å². The molecule has 2 aromatic rings. The van der Waals surface area contributed by atoms with E-state index in [1.165, 1.54) is 11.1 Å². The molecule has 198 valence electrons. The Labute approximate surface area is 220 Å². The number of aromatic nitrogens is 2. The number of carbonyl (C=O) groups is 2. The summed E-state index contributed by atoms with van der Waals surface area (Å²) in [5.74, 6) is 2.65. The number of pyridine rings is 2. The smallest absolute Gasteiger partial charge is 0.328 e. The van der Waals surface area contributed by atoms with Gasteiger partial charge in [0, 0.05) is 58.2 Å². The van der Waals surface area contributed by atoms with Crippen LogP contribution in [0.5, 0.6) is 0 Å². The van der Waals surface area contributed by atoms with Gasteiger partial charge in [0.25, 0.3) is 0 Å². The van der Waals surface area contributed by atoms with Crippen LogP contribution in [-0.2, 0) is 27.2 Å². The minimum atomic E-state index is -0.447. The third-order valence-corrected chi connectivity index (χ3v) is 6.57. The first kappa shape index (κ1) is 26.8. The van der Waals surface area contributed by atoms with E-state index in [1.807, 2.05) is 16.9 Å². The fraction of sp³-hybridized carbons (Fsp3) is 0.423. The average Bonchev–Trinajstić information content (AvgIpc) is 3.34. The Bertz CT molecular complexity index is 1300. The Kier molecular flexibility index (Phi) is 8.66. The third-order valence-electron chi connectivity index (χ3n) is 6.57. The largest absolute Gasteiger partial charge is 0.383 e. The predicted octanol–water partition coefficient (Wildman–Crippen LogP) is 2.14. The Morgan fingerprint density at radius 2 is 2.16 bits per heavy atom. The molecule has 0 unspecified atom stereocenters. The monoisotopic (exact) mass is 519 g/mol. The highest BCUT2D eigenvalue weighted by molar-refractivity contribution is 6.01. The lowest BCUT2D eigenvalue weighted by Crippen LogP contribution is -2.40. The van der Waals surface area contributed by atoms with Gasteiger partial charge in [0.2, 0.25) is 0 Å². The molecule has 4 heterocycles. The second kappa shape index (κ2) is 12.3. The van der Waals surface area contributed by atoms with Crippen molar-refractivity contribution in [1.82, 2.24) is 14.9 Å². The maximum Gasteiger partial charge on any atom is 0.328 e. The fourth-order valence-corrected chi connectivity index (χ4v) is 4.67. The zero-order valence-electron chi connectivity index (χ0n) is 21.3. The molecule has 0 aromatic carbocycles. The number of aldehydes is 1. The molecule has 2 amide bonds. The van der Waals surface area contributed by atoms with E-state index in [0.717, 1.165) is 5.56 Å². The van der Waals surface area contributed by atoms with Crippen molar-refractivity contribution in [3.05, 3.63) is 46.4 Å². The molecule has 12 heteroatoms. The molecule has 2 aliphatic rings. The summed E-state index contributed by atoms with van der Waals surface area (Å²) in [6, 6.07) is 5.09. The Morgan fingerprint density at radius 3 is 2.87 bits per heavy atom. The maximum atomic E-state index is 13.2. The summed E-state index contributed by atoms with van der Waals surface area (Å²) in [7, 11) is 3.13. The lowest BCUT2D eigenvalue weighted by Gasteiger charge is -2.29. The first-order valence-corrected chi connectivity index (χ1v) is 12.2.